The molecule has 86 valence electrons. The molecule has 0 aliphatic carbocycles. The molecule has 2 atom stereocenters. The van der Waals surface area contributed by atoms with Gasteiger partial charge < -0.3 is 0 Å². The van der Waals surface area contributed by atoms with Crippen molar-refractivity contribution < 1.29 is 19.1 Å². The van der Waals surface area contributed by atoms with Crippen LogP contribution in [-0.2, 0) is 19.1 Å². The Kier molecular flexibility index (Phi) is 6.28. The van der Waals surface area contributed by atoms with Crippen molar-refractivity contribution in [1.82, 2.24) is 0 Å². The molecule has 1 aliphatic rings. The molecule has 0 aromatic heterocycles. The van der Waals surface area contributed by atoms with Crippen molar-refractivity contribution in [2.24, 2.45) is 0 Å². The molecule has 0 amide bonds. The summed E-state index contributed by atoms with van der Waals surface area (Å²) in [5.74, 6) is -0.211. The molecule has 2 unspecified atom stereocenters. The average molecular weight is 409 g/mol. The fourth-order valence-electron chi connectivity index (χ4n) is 0.869. The Bertz CT molecular complexity index is 222. The molecular weight excluding hydrogens is 397 g/mol. The number of carbonyl (C=O) groups is 2. The van der Waals surface area contributed by atoms with Crippen LogP contribution in [0.15, 0.2) is 0 Å². The van der Waals surface area contributed by atoms with Crippen molar-refractivity contribution in [3.05, 3.63) is 0 Å². The molecule has 4 nitrogen and oxygen atoms in total. The predicted octanol–water partition coefficient (Wildman–Crippen LogP) is -0.354. The van der Waals surface area contributed by atoms with E-state index in [1.807, 2.05) is 0 Å². The van der Waals surface area contributed by atoms with Crippen molar-refractivity contribution in [3.63, 3.8) is 0 Å². The molecule has 0 N–H and O–H groups in total. The van der Waals surface area contributed by atoms with Gasteiger partial charge in [-0.3, -0.25) is 0 Å². The summed E-state index contributed by atoms with van der Waals surface area (Å²) in [6.07, 6.45) is 0. The minimum absolute atomic E-state index is 0.0411. The molecule has 15 heavy (non-hydrogen) atoms. The zero-order valence-corrected chi connectivity index (χ0v) is 13.6. The van der Waals surface area contributed by atoms with Crippen LogP contribution in [0, 0.1) is 0 Å². The van der Waals surface area contributed by atoms with Crippen LogP contribution in [0.2, 0.25) is 7.43 Å². The molecule has 0 aromatic rings. The molecule has 1 heterocycles. The summed E-state index contributed by atoms with van der Waals surface area (Å²) in [5.41, 5.74) is 0. The molecule has 0 bridgehead atoms. The molecule has 0 radical (unpaired) electrons. The summed E-state index contributed by atoms with van der Waals surface area (Å²) in [6.45, 7) is 4.47. The SMILES string of the molecule is CCOC(=O)C1[Se][Se]C(C(=O)OCC)[Se]1. The van der Waals surface area contributed by atoms with Gasteiger partial charge in [-0.05, 0) is 0 Å². The van der Waals surface area contributed by atoms with Gasteiger partial charge in [0.05, 0.1) is 0 Å². The Morgan fingerprint density at radius 2 is 1.40 bits per heavy atom. The van der Waals surface area contributed by atoms with Gasteiger partial charge in [-0.15, -0.1) is 0 Å². The van der Waals surface area contributed by atoms with E-state index < -0.39 is 0 Å². The summed E-state index contributed by atoms with van der Waals surface area (Å²) in [5, 5.41) is 0. The summed E-state index contributed by atoms with van der Waals surface area (Å²) >= 11 is 0.603. The topological polar surface area (TPSA) is 52.6 Å². The maximum absolute atomic E-state index is 11.4. The summed E-state index contributed by atoms with van der Waals surface area (Å²) < 4.78 is 10.0. The number of ether oxygens (including phenoxy) is 2. The fourth-order valence-corrected chi connectivity index (χ4v) is 22.8. The Hall–Kier alpha value is 0.498. The van der Waals surface area contributed by atoms with Crippen molar-refractivity contribution in [1.29, 1.82) is 0 Å². The number of hydrogen-bond donors (Lipinski definition) is 0. The zero-order valence-electron chi connectivity index (χ0n) is 8.43. The zero-order chi connectivity index (χ0) is 11.3. The second kappa shape index (κ2) is 6.95. The monoisotopic (exact) mass is 412 g/mol. The number of rotatable bonds is 4. The van der Waals surface area contributed by atoms with Crippen LogP contribution in [0.4, 0.5) is 0 Å². The third kappa shape index (κ3) is 4.10. The van der Waals surface area contributed by atoms with Crippen LogP contribution in [0.5, 0.6) is 0 Å². The normalized spacial score (nSPS) is 24.9. The van der Waals surface area contributed by atoms with Gasteiger partial charge >= 0.3 is 107 Å². The molecule has 7 heteroatoms. The van der Waals surface area contributed by atoms with Gasteiger partial charge in [-0.25, -0.2) is 0 Å². The van der Waals surface area contributed by atoms with Crippen molar-refractivity contribution in [2.75, 3.05) is 13.2 Å². The molecule has 0 spiro atoms. The minimum atomic E-state index is -0.105. The van der Waals surface area contributed by atoms with Crippen LogP contribution in [0.1, 0.15) is 13.8 Å². The second-order valence-electron chi connectivity index (χ2n) is 2.50. The summed E-state index contributed by atoms with van der Waals surface area (Å²) in [4.78, 5) is 22.9. The van der Waals surface area contributed by atoms with E-state index in [4.69, 9.17) is 9.47 Å². The molecular formula is C8H12O4Se3. The van der Waals surface area contributed by atoms with Gasteiger partial charge in [-0.2, -0.15) is 0 Å². The first-order valence-electron chi connectivity index (χ1n) is 4.49. The van der Waals surface area contributed by atoms with Crippen molar-refractivity contribution >= 4 is 53.2 Å². The van der Waals surface area contributed by atoms with E-state index in [2.05, 4.69) is 0 Å². The van der Waals surface area contributed by atoms with E-state index in [1.54, 1.807) is 13.8 Å². The van der Waals surface area contributed by atoms with Crippen LogP contribution in [0.3, 0.4) is 0 Å². The number of carbonyl (C=O) groups excluding carboxylic acids is 2. The predicted molar refractivity (Wildman–Crippen MR) is 58.0 cm³/mol. The third-order valence-corrected chi connectivity index (χ3v) is 21.4. The van der Waals surface area contributed by atoms with Crippen LogP contribution in [0.25, 0.3) is 0 Å². The third-order valence-electron chi connectivity index (χ3n) is 1.44. The van der Waals surface area contributed by atoms with Gasteiger partial charge in [0.25, 0.3) is 0 Å². The molecule has 1 fully saturated rings. The van der Waals surface area contributed by atoms with E-state index >= 15 is 0 Å². The first-order chi connectivity index (χ1) is 7.19. The molecule has 1 rings (SSSR count). The van der Waals surface area contributed by atoms with Gasteiger partial charge in [0, 0.05) is 0 Å². The van der Waals surface area contributed by atoms with E-state index in [-0.39, 0.29) is 60.6 Å². The van der Waals surface area contributed by atoms with Crippen molar-refractivity contribution in [2.45, 2.75) is 21.3 Å². The van der Waals surface area contributed by atoms with E-state index in [0.717, 1.165) is 0 Å². The second-order valence-corrected chi connectivity index (χ2v) is 15.1. The number of esters is 2. The molecule has 1 aliphatic heterocycles. The van der Waals surface area contributed by atoms with Gasteiger partial charge in [-0.1, -0.05) is 0 Å². The Labute approximate surface area is 106 Å². The molecule has 0 aromatic carbocycles. The van der Waals surface area contributed by atoms with E-state index in [0.29, 0.717) is 13.2 Å². The van der Waals surface area contributed by atoms with Gasteiger partial charge in [0.2, 0.25) is 0 Å². The quantitative estimate of drug-likeness (QED) is 0.471. The summed E-state index contributed by atoms with van der Waals surface area (Å²) in [6, 6.07) is 0. The van der Waals surface area contributed by atoms with Gasteiger partial charge in [0.15, 0.2) is 0 Å². The van der Waals surface area contributed by atoms with Crippen LogP contribution >= 0.6 is 0 Å². The fraction of sp³-hybridized carbons (Fsp3) is 0.750. The van der Waals surface area contributed by atoms with Gasteiger partial charge in [0.1, 0.15) is 0 Å². The standard InChI is InChI=1S/C8H12O4Se3/c1-3-11-5(9)7-13-8(15-14-7)6(10)12-4-2/h7-8H,3-4H2,1-2H3. The van der Waals surface area contributed by atoms with E-state index in [9.17, 15) is 9.59 Å². The van der Waals surface area contributed by atoms with Crippen molar-refractivity contribution in [3.8, 4) is 0 Å². The molecule has 0 saturated carbocycles. The van der Waals surface area contributed by atoms with E-state index in [1.165, 1.54) is 0 Å². The number of hydrogen-bond acceptors (Lipinski definition) is 4. The Morgan fingerprint density at radius 1 is 1.00 bits per heavy atom. The Morgan fingerprint density at radius 3 is 1.73 bits per heavy atom. The summed E-state index contributed by atoms with van der Waals surface area (Å²) in [7, 11) is 0. The van der Waals surface area contributed by atoms with Crippen LogP contribution in [-0.4, -0.2) is 66.4 Å². The maximum atomic E-state index is 11.4. The molecule has 1 saturated heterocycles. The first kappa shape index (κ1) is 13.6. The van der Waals surface area contributed by atoms with Crippen LogP contribution < -0.4 is 0 Å². The average Bonchev–Trinajstić information content (AvgIpc) is 2.67. The Balaban J connectivity index is 2.38. The first-order valence-corrected chi connectivity index (χ1v) is 12.8.